The Bertz CT molecular complexity index is 563. The van der Waals surface area contributed by atoms with Crippen molar-refractivity contribution < 1.29 is 18.7 Å². The van der Waals surface area contributed by atoms with Gasteiger partial charge in [0.2, 0.25) is 5.76 Å². The maximum Gasteiger partial charge on any atom is 0.373 e. The monoisotopic (exact) mass is 260 g/mol. The number of carbonyl (C=O) groups is 1. The number of esters is 1. The van der Waals surface area contributed by atoms with E-state index in [0.29, 0.717) is 5.76 Å². The summed E-state index contributed by atoms with van der Waals surface area (Å²) in [6, 6.07) is 9.25. The average molecular weight is 260 g/mol. The number of carbonyl (C=O) groups excluding carboxylic acids is 1. The van der Waals surface area contributed by atoms with Crippen LogP contribution in [0.2, 0.25) is 0 Å². The molecule has 19 heavy (non-hydrogen) atoms. The topological polar surface area (TPSA) is 48.7 Å². The molecule has 0 bridgehead atoms. The Kier molecular flexibility index (Phi) is 3.90. The van der Waals surface area contributed by atoms with Gasteiger partial charge in [-0.25, -0.2) is 4.79 Å². The predicted molar refractivity (Wildman–Crippen MR) is 70.3 cm³/mol. The Labute approximate surface area is 111 Å². The van der Waals surface area contributed by atoms with Gasteiger partial charge in [-0.05, 0) is 37.1 Å². The van der Waals surface area contributed by atoms with E-state index in [1.165, 1.54) is 7.11 Å². The molecule has 0 saturated carbocycles. The highest BCUT2D eigenvalue weighted by Crippen LogP contribution is 2.23. The minimum absolute atomic E-state index is 0.183. The van der Waals surface area contributed by atoms with Crippen molar-refractivity contribution in [2.75, 3.05) is 7.11 Å². The molecule has 0 unspecified atom stereocenters. The SMILES string of the molecule is COC(=O)c1ccc(COc2c(C)cccc2C)o1. The van der Waals surface area contributed by atoms with Crippen LogP contribution in [0.4, 0.5) is 0 Å². The van der Waals surface area contributed by atoms with Crippen LogP contribution in [0, 0.1) is 13.8 Å². The number of benzene rings is 1. The highest BCUT2D eigenvalue weighted by Gasteiger charge is 2.12. The van der Waals surface area contributed by atoms with Crippen molar-refractivity contribution in [3.8, 4) is 5.75 Å². The molecule has 4 heteroatoms. The Morgan fingerprint density at radius 2 is 1.84 bits per heavy atom. The van der Waals surface area contributed by atoms with E-state index < -0.39 is 5.97 Å². The van der Waals surface area contributed by atoms with Crippen molar-refractivity contribution >= 4 is 5.97 Å². The van der Waals surface area contributed by atoms with Crippen LogP contribution in [0.25, 0.3) is 0 Å². The number of furan rings is 1. The normalized spacial score (nSPS) is 10.3. The molecule has 2 aromatic rings. The van der Waals surface area contributed by atoms with E-state index in [0.717, 1.165) is 16.9 Å². The molecule has 0 aliphatic carbocycles. The molecule has 0 fully saturated rings. The second kappa shape index (κ2) is 5.61. The van der Waals surface area contributed by atoms with Crippen molar-refractivity contribution in [2.24, 2.45) is 0 Å². The molecule has 0 amide bonds. The van der Waals surface area contributed by atoms with E-state index in [1.807, 2.05) is 32.0 Å². The zero-order valence-electron chi connectivity index (χ0n) is 11.2. The first-order chi connectivity index (χ1) is 9.11. The lowest BCUT2D eigenvalue weighted by Crippen LogP contribution is -2.00. The molecule has 0 aliphatic rings. The molecule has 1 aromatic heterocycles. The molecule has 1 aromatic carbocycles. The molecule has 1 heterocycles. The molecule has 0 aliphatic heterocycles. The summed E-state index contributed by atoms with van der Waals surface area (Å²) in [5.41, 5.74) is 2.14. The summed E-state index contributed by atoms with van der Waals surface area (Å²) in [6.07, 6.45) is 0. The Hall–Kier alpha value is -2.23. The smallest absolute Gasteiger partial charge is 0.373 e. The van der Waals surface area contributed by atoms with Crippen LogP contribution in [-0.4, -0.2) is 13.1 Å². The highest BCUT2D eigenvalue weighted by molar-refractivity contribution is 5.86. The van der Waals surface area contributed by atoms with Crippen molar-refractivity contribution in [1.82, 2.24) is 0 Å². The first-order valence-electron chi connectivity index (χ1n) is 5.98. The fourth-order valence-electron chi connectivity index (χ4n) is 1.84. The number of hydrogen-bond acceptors (Lipinski definition) is 4. The highest BCUT2D eigenvalue weighted by atomic mass is 16.5. The number of para-hydroxylation sites is 1. The second-order valence-electron chi connectivity index (χ2n) is 4.27. The summed E-state index contributed by atoms with van der Waals surface area (Å²) < 4.78 is 15.6. The molecule has 0 radical (unpaired) electrons. The van der Waals surface area contributed by atoms with Gasteiger partial charge >= 0.3 is 5.97 Å². The fourth-order valence-corrected chi connectivity index (χ4v) is 1.84. The number of hydrogen-bond donors (Lipinski definition) is 0. The second-order valence-corrected chi connectivity index (χ2v) is 4.27. The van der Waals surface area contributed by atoms with Gasteiger partial charge in [0.15, 0.2) is 0 Å². The van der Waals surface area contributed by atoms with Gasteiger partial charge in [0.25, 0.3) is 0 Å². The summed E-state index contributed by atoms with van der Waals surface area (Å²) in [4.78, 5) is 11.3. The predicted octanol–water partition coefficient (Wildman–Crippen LogP) is 3.26. The molecule has 0 N–H and O–H groups in total. The number of rotatable bonds is 4. The van der Waals surface area contributed by atoms with Gasteiger partial charge in [-0.15, -0.1) is 0 Å². The Balaban J connectivity index is 2.07. The van der Waals surface area contributed by atoms with Crippen LogP contribution in [0.1, 0.15) is 27.4 Å². The zero-order chi connectivity index (χ0) is 13.8. The largest absolute Gasteiger partial charge is 0.485 e. The maximum absolute atomic E-state index is 11.3. The maximum atomic E-state index is 11.3. The number of ether oxygens (including phenoxy) is 2. The van der Waals surface area contributed by atoms with E-state index in [2.05, 4.69) is 4.74 Å². The number of methoxy groups -OCH3 is 1. The molecular formula is C15H16O4. The van der Waals surface area contributed by atoms with Crippen LogP contribution in [0.15, 0.2) is 34.7 Å². The third-order valence-electron chi connectivity index (χ3n) is 2.82. The van der Waals surface area contributed by atoms with Crippen molar-refractivity contribution in [1.29, 1.82) is 0 Å². The third kappa shape index (κ3) is 2.96. The van der Waals surface area contributed by atoms with Gasteiger partial charge in [-0.2, -0.15) is 0 Å². The summed E-state index contributed by atoms with van der Waals surface area (Å²) in [6.45, 7) is 4.26. The summed E-state index contributed by atoms with van der Waals surface area (Å²) in [5.74, 6) is 1.13. The van der Waals surface area contributed by atoms with Gasteiger partial charge in [-0.3, -0.25) is 0 Å². The first kappa shape index (κ1) is 13.2. The third-order valence-corrected chi connectivity index (χ3v) is 2.82. The van der Waals surface area contributed by atoms with Gasteiger partial charge in [0.05, 0.1) is 7.11 Å². The lowest BCUT2D eigenvalue weighted by atomic mass is 10.1. The van der Waals surface area contributed by atoms with Crippen LogP contribution >= 0.6 is 0 Å². The molecule has 2 rings (SSSR count). The van der Waals surface area contributed by atoms with Crippen molar-refractivity contribution in [2.45, 2.75) is 20.5 Å². The Morgan fingerprint density at radius 1 is 1.16 bits per heavy atom. The van der Waals surface area contributed by atoms with E-state index in [1.54, 1.807) is 12.1 Å². The van der Waals surface area contributed by atoms with Gasteiger partial charge in [0, 0.05) is 0 Å². The van der Waals surface area contributed by atoms with Crippen LogP contribution in [-0.2, 0) is 11.3 Å². The average Bonchev–Trinajstić information content (AvgIpc) is 2.86. The van der Waals surface area contributed by atoms with E-state index in [4.69, 9.17) is 9.15 Å². The molecule has 0 atom stereocenters. The molecule has 4 nitrogen and oxygen atoms in total. The lowest BCUT2D eigenvalue weighted by molar-refractivity contribution is 0.0561. The molecule has 0 spiro atoms. The van der Waals surface area contributed by atoms with Crippen molar-refractivity contribution in [3.05, 3.63) is 53.0 Å². The van der Waals surface area contributed by atoms with Gasteiger partial charge < -0.3 is 13.9 Å². The van der Waals surface area contributed by atoms with E-state index in [9.17, 15) is 4.79 Å². The molecular weight excluding hydrogens is 244 g/mol. The van der Waals surface area contributed by atoms with Crippen LogP contribution in [0.3, 0.4) is 0 Å². The minimum Gasteiger partial charge on any atom is -0.485 e. The summed E-state index contributed by atoms with van der Waals surface area (Å²) in [7, 11) is 1.32. The van der Waals surface area contributed by atoms with Crippen molar-refractivity contribution in [3.63, 3.8) is 0 Å². The quantitative estimate of drug-likeness (QED) is 0.792. The van der Waals surface area contributed by atoms with Gasteiger partial charge in [0.1, 0.15) is 18.1 Å². The lowest BCUT2D eigenvalue weighted by Gasteiger charge is -2.10. The van der Waals surface area contributed by atoms with Crippen LogP contribution < -0.4 is 4.74 Å². The summed E-state index contributed by atoms with van der Waals surface area (Å²) >= 11 is 0. The van der Waals surface area contributed by atoms with E-state index >= 15 is 0 Å². The first-order valence-corrected chi connectivity index (χ1v) is 5.98. The minimum atomic E-state index is -0.488. The zero-order valence-corrected chi connectivity index (χ0v) is 11.2. The standard InChI is InChI=1S/C15H16O4/c1-10-5-4-6-11(2)14(10)18-9-12-7-8-13(19-12)15(16)17-3/h4-8H,9H2,1-3H3. The van der Waals surface area contributed by atoms with Gasteiger partial charge in [-0.1, -0.05) is 18.2 Å². The fraction of sp³-hybridized carbons (Fsp3) is 0.267. The van der Waals surface area contributed by atoms with E-state index in [-0.39, 0.29) is 12.4 Å². The molecule has 100 valence electrons. The van der Waals surface area contributed by atoms with Crippen LogP contribution in [0.5, 0.6) is 5.75 Å². The number of aryl methyl sites for hydroxylation is 2. The molecule has 0 saturated heterocycles. The Morgan fingerprint density at radius 3 is 2.47 bits per heavy atom. The summed E-state index contributed by atoms with van der Waals surface area (Å²) in [5, 5.41) is 0.